The van der Waals surface area contributed by atoms with Crippen LogP contribution in [0.1, 0.15) is 18.5 Å². The van der Waals surface area contributed by atoms with E-state index >= 15 is 0 Å². The van der Waals surface area contributed by atoms with Gasteiger partial charge < -0.3 is 15.0 Å². The van der Waals surface area contributed by atoms with Crippen molar-refractivity contribution in [1.82, 2.24) is 15.2 Å². The Morgan fingerprint density at radius 2 is 2.08 bits per heavy atom. The lowest BCUT2D eigenvalue weighted by Gasteiger charge is -2.33. The molecule has 0 saturated carbocycles. The summed E-state index contributed by atoms with van der Waals surface area (Å²) in [5, 5.41) is 6.48. The molecule has 26 heavy (non-hydrogen) atoms. The normalized spacial score (nSPS) is 15.8. The van der Waals surface area contributed by atoms with Gasteiger partial charge in [0.15, 0.2) is 5.96 Å². The predicted octanol–water partition coefficient (Wildman–Crippen LogP) is 2.77. The number of methoxy groups -OCH3 is 1. The van der Waals surface area contributed by atoms with Crippen LogP contribution in [0.2, 0.25) is 0 Å². The first-order chi connectivity index (χ1) is 12.7. The molecule has 1 aromatic heterocycles. The van der Waals surface area contributed by atoms with Crippen LogP contribution in [0.3, 0.4) is 0 Å². The van der Waals surface area contributed by atoms with Gasteiger partial charge in [0, 0.05) is 31.1 Å². The predicted molar refractivity (Wildman–Crippen MR) is 104 cm³/mol. The highest BCUT2D eigenvalue weighted by molar-refractivity contribution is 7.13. The maximum Gasteiger partial charge on any atom is 0.308 e. The van der Waals surface area contributed by atoms with Gasteiger partial charge in [0.1, 0.15) is 5.01 Å². The summed E-state index contributed by atoms with van der Waals surface area (Å²) in [6.45, 7) is 2.23. The number of carbonyl (C=O) groups excluding carboxylic acids is 1. The topological polar surface area (TPSA) is 66.8 Å². The van der Waals surface area contributed by atoms with Gasteiger partial charge in [-0.15, -0.1) is 11.3 Å². The lowest BCUT2D eigenvalue weighted by molar-refractivity contribution is -0.146. The van der Waals surface area contributed by atoms with Crippen LogP contribution in [-0.2, 0) is 16.1 Å². The lowest BCUT2D eigenvalue weighted by Crippen LogP contribution is -2.46. The van der Waals surface area contributed by atoms with Crippen molar-refractivity contribution in [2.75, 3.05) is 27.2 Å². The van der Waals surface area contributed by atoms with Gasteiger partial charge in [-0.05, 0) is 12.8 Å². The highest BCUT2D eigenvalue weighted by Crippen LogP contribution is 2.23. The standard InChI is InChI=1S/C19H24N4O2S/c1-20-19(23-10-8-15(9-11-23)18(24)25-2)21-12-16-13-26-17(22-16)14-6-4-3-5-7-14/h3-7,13,15H,8-12H2,1-2H3,(H,20,21). The van der Waals surface area contributed by atoms with Crippen molar-refractivity contribution < 1.29 is 9.53 Å². The molecule has 0 spiro atoms. The lowest BCUT2D eigenvalue weighted by atomic mass is 9.97. The minimum Gasteiger partial charge on any atom is -0.469 e. The van der Waals surface area contributed by atoms with Crippen molar-refractivity contribution in [3.63, 3.8) is 0 Å². The second-order valence-corrected chi connectivity index (χ2v) is 7.05. The average Bonchev–Trinajstić information content (AvgIpc) is 3.18. The molecular weight excluding hydrogens is 348 g/mol. The van der Waals surface area contributed by atoms with Crippen LogP contribution in [0.15, 0.2) is 40.7 Å². The van der Waals surface area contributed by atoms with E-state index in [2.05, 4.69) is 32.7 Å². The van der Waals surface area contributed by atoms with Crippen molar-refractivity contribution in [3.05, 3.63) is 41.4 Å². The van der Waals surface area contributed by atoms with Gasteiger partial charge in [-0.25, -0.2) is 4.98 Å². The molecule has 1 aromatic carbocycles. The van der Waals surface area contributed by atoms with Crippen LogP contribution < -0.4 is 5.32 Å². The fourth-order valence-corrected chi connectivity index (χ4v) is 3.92. The molecule has 1 aliphatic heterocycles. The first-order valence-corrected chi connectivity index (χ1v) is 9.62. The number of ether oxygens (including phenoxy) is 1. The molecule has 1 fully saturated rings. The average molecular weight is 372 g/mol. The number of thiazole rings is 1. The van der Waals surface area contributed by atoms with Crippen molar-refractivity contribution in [2.45, 2.75) is 19.4 Å². The minimum atomic E-state index is -0.108. The molecule has 0 bridgehead atoms. The Labute approximate surface area is 157 Å². The number of piperidine rings is 1. The summed E-state index contributed by atoms with van der Waals surface area (Å²) in [7, 11) is 3.23. The Bertz CT molecular complexity index is 752. The summed E-state index contributed by atoms with van der Waals surface area (Å²) in [6, 6.07) is 10.2. The summed E-state index contributed by atoms with van der Waals surface area (Å²) in [6.07, 6.45) is 1.59. The number of aromatic nitrogens is 1. The van der Waals surface area contributed by atoms with Crippen molar-refractivity contribution in [2.24, 2.45) is 10.9 Å². The number of likely N-dealkylation sites (tertiary alicyclic amines) is 1. The smallest absolute Gasteiger partial charge is 0.308 e. The van der Waals surface area contributed by atoms with Gasteiger partial charge in [-0.1, -0.05) is 30.3 Å². The molecule has 1 aliphatic rings. The third-order valence-corrected chi connectivity index (χ3v) is 5.48. The van der Waals surface area contributed by atoms with Crippen LogP contribution in [0, 0.1) is 5.92 Å². The highest BCUT2D eigenvalue weighted by atomic mass is 32.1. The molecule has 0 unspecified atom stereocenters. The third-order valence-electron chi connectivity index (χ3n) is 4.54. The second-order valence-electron chi connectivity index (χ2n) is 6.20. The molecule has 1 saturated heterocycles. The van der Waals surface area contributed by atoms with Gasteiger partial charge >= 0.3 is 5.97 Å². The zero-order valence-corrected chi connectivity index (χ0v) is 16.0. The number of guanidine groups is 1. The molecule has 138 valence electrons. The number of hydrogen-bond acceptors (Lipinski definition) is 5. The van der Waals surface area contributed by atoms with Gasteiger partial charge in [-0.2, -0.15) is 0 Å². The number of hydrogen-bond donors (Lipinski definition) is 1. The van der Waals surface area contributed by atoms with E-state index in [1.54, 1.807) is 18.4 Å². The van der Waals surface area contributed by atoms with Gasteiger partial charge in [-0.3, -0.25) is 9.79 Å². The van der Waals surface area contributed by atoms with E-state index in [1.807, 2.05) is 18.2 Å². The third kappa shape index (κ3) is 4.40. The monoisotopic (exact) mass is 372 g/mol. The molecule has 2 heterocycles. The number of rotatable bonds is 4. The Balaban J connectivity index is 1.54. The van der Waals surface area contributed by atoms with Crippen molar-refractivity contribution in [3.8, 4) is 10.6 Å². The Morgan fingerprint density at radius 3 is 2.73 bits per heavy atom. The number of benzene rings is 1. The number of nitrogens with one attached hydrogen (secondary N) is 1. The molecule has 6 nitrogen and oxygen atoms in total. The highest BCUT2D eigenvalue weighted by Gasteiger charge is 2.26. The number of esters is 1. The van der Waals surface area contributed by atoms with Crippen LogP contribution in [-0.4, -0.2) is 49.1 Å². The summed E-state index contributed by atoms with van der Waals surface area (Å²) >= 11 is 1.65. The first-order valence-electron chi connectivity index (χ1n) is 8.74. The quantitative estimate of drug-likeness (QED) is 0.508. The number of nitrogens with zero attached hydrogens (tertiary/aromatic N) is 3. The van der Waals surface area contributed by atoms with E-state index in [1.165, 1.54) is 7.11 Å². The summed E-state index contributed by atoms with van der Waals surface area (Å²) in [5.41, 5.74) is 2.14. The Kier molecular flexibility index (Phi) is 6.22. The molecular formula is C19H24N4O2S. The van der Waals surface area contributed by atoms with Gasteiger partial charge in [0.05, 0.1) is 25.3 Å². The van der Waals surface area contributed by atoms with Crippen molar-refractivity contribution >= 4 is 23.3 Å². The maximum absolute atomic E-state index is 11.6. The summed E-state index contributed by atoms with van der Waals surface area (Å²) < 4.78 is 4.85. The summed E-state index contributed by atoms with van der Waals surface area (Å²) in [4.78, 5) is 22.9. The Morgan fingerprint density at radius 1 is 1.35 bits per heavy atom. The van der Waals surface area contributed by atoms with Crippen molar-refractivity contribution in [1.29, 1.82) is 0 Å². The van der Waals surface area contributed by atoms with Crippen LogP contribution in [0.25, 0.3) is 10.6 Å². The van der Waals surface area contributed by atoms with E-state index in [-0.39, 0.29) is 11.9 Å². The molecule has 0 aliphatic carbocycles. The minimum absolute atomic E-state index is 0.00123. The van der Waals surface area contributed by atoms with E-state index in [0.717, 1.165) is 48.2 Å². The van der Waals surface area contributed by atoms with E-state index in [9.17, 15) is 4.79 Å². The van der Waals surface area contributed by atoms with Crippen LogP contribution in [0.4, 0.5) is 0 Å². The first kappa shape index (κ1) is 18.4. The molecule has 1 N–H and O–H groups in total. The molecule has 0 atom stereocenters. The van der Waals surface area contributed by atoms with Crippen LogP contribution in [0.5, 0.6) is 0 Å². The molecule has 2 aromatic rings. The second kappa shape index (κ2) is 8.80. The van der Waals surface area contributed by atoms with E-state index < -0.39 is 0 Å². The zero-order chi connectivity index (χ0) is 18.4. The van der Waals surface area contributed by atoms with E-state index in [0.29, 0.717) is 6.54 Å². The molecule has 7 heteroatoms. The largest absolute Gasteiger partial charge is 0.469 e. The SMILES string of the molecule is CN=C(NCc1csc(-c2ccccc2)n1)N1CCC(C(=O)OC)CC1. The number of carbonyl (C=O) groups is 1. The van der Waals surface area contributed by atoms with Gasteiger partial charge in [0.25, 0.3) is 0 Å². The van der Waals surface area contributed by atoms with E-state index in [4.69, 9.17) is 9.72 Å². The maximum atomic E-state index is 11.6. The molecule has 0 amide bonds. The number of aliphatic imine (C=N–C) groups is 1. The van der Waals surface area contributed by atoms with Crippen LogP contribution >= 0.6 is 11.3 Å². The van der Waals surface area contributed by atoms with Gasteiger partial charge in [0.2, 0.25) is 0 Å². The fraction of sp³-hybridized carbons (Fsp3) is 0.421. The molecule has 3 rings (SSSR count). The Hall–Kier alpha value is -2.41. The summed E-state index contributed by atoms with van der Waals surface area (Å²) in [5.74, 6) is 0.743. The fourth-order valence-electron chi connectivity index (χ4n) is 3.10. The molecule has 0 radical (unpaired) electrons. The zero-order valence-electron chi connectivity index (χ0n) is 15.1.